The maximum Gasteiger partial charge on any atom is 0.251 e. The molecule has 1 saturated carbocycles. The molecule has 0 radical (unpaired) electrons. The van der Waals surface area contributed by atoms with E-state index < -0.39 is 5.54 Å². The molecule has 1 aliphatic carbocycles. The van der Waals surface area contributed by atoms with Crippen molar-refractivity contribution in [3.8, 4) is 0 Å². The zero-order valence-electron chi connectivity index (χ0n) is 12.1. The van der Waals surface area contributed by atoms with Gasteiger partial charge < -0.3 is 10.4 Å². The molecule has 1 aromatic carbocycles. The van der Waals surface area contributed by atoms with Gasteiger partial charge >= 0.3 is 0 Å². The smallest absolute Gasteiger partial charge is 0.251 e. The summed E-state index contributed by atoms with van der Waals surface area (Å²) in [5, 5.41) is 13.4. The summed E-state index contributed by atoms with van der Waals surface area (Å²) in [4.78, 5) is 12.4. The lowest BCUT2D eigenvalue weighted by Gasteiger charge is -2.39. The number of hydrogen-bond acceptors (Lipinski definition) is 2. The Labute approximate surface area is 125 Å². The monoisotopic (exact) mass is 295 g/mol. The first kappa shape index (κ1) is 15.3. The maximum absolute atomic E-state index is 12.4. The number of halogens is 1. The minimum absolute atomic E-state index is 0.00431. The van der Waals surface area contributed by atoms with Crippen LogP contribution in [0.25, 0.3) is 0 Å². The SMILES string of the molecule is Cc1cc(C(=O)NC2(CO)CCCC(C)C2)ccc1Cl. The quantitative estimate of drug-likeness (QED) is 0.899. The molecule has 0 saturated heterocycles. The van der Waals surface area contributed by atoms with Crippen LogP contribution in [-0.2, 0) is 0 Å². The van der Waals surface area contributed by atoms with Crippen LogP contribution in [0.15, 0.2) is 18.2 Å². The van der Waals surface area contributed by atoms with Crippen LogP contribution in [0.3, 0.4) is 0 Å². The highest BCUT2D eigenvalue weighted by atomic mass is 35.5. The number of amides is 1. The van der Waals surface area contributed by atoms with E-state index in [1.807, 2.05) is 6.92 Å². The number of hydrogen-bond donors (Lipinski definition) is 2. The number of aliphatic hydroxyl groups excluding tert-OH is 1. The van der Waals surface area contributed by atoms with E-state index in [1.54, 1.807) is 18.2 Å². The van der Waals surface area contributed by atoms with E-state index in [9.17, 15) is 9.90 Å². The van der Waals surface area contributed by atoms with Crippen LogP contribution in [0.4, 0.5) is 0 Å². The van der Waals surface area contributed by atoms with Gasteiger partial charge in [-0.3, -0.25) is 4.79 Å². The van der Waals surface area contributed by atoms with Gasteiger partial charge in [0.25, 0.3) is 5.91 Å². The van der Waals surface area contributed by atoms with Crippen LogP contribution < -0.4 is 5.32 Å². The average molecular weight is 296 g/mol. The van der Waals surface area contributed by atoms with Crippen LogP contribution in [0, 0.1) is 12.8 Å². The lowest BCUT2D eigenvalue weighted by Crippen LogP contribution is -2.53. The summed E-state index contributed by atoms with van der Waals surface area (Å²) in [6, 6.07) is 5.25. The number of carbonyl (C=O) groups is 1. The second-order valence-corrected chi connectivity index (χ2v) is 6.47. The van der Waals surface area contributed by atoms with E-state index in [1.165, 1.54) is 0 Å². The number of aliphatic hydroxyl groups is 1. The van der Waals surface area contributed by atoms with Crippen molar-refractivity contribution in [2.45, 2.75) is 45.1 Å². The number of benzene rings is 1. The number of carbonyl (C=O) groups excluding carboxylic acids is 1. The van der Waals surface area contributed by atoms with Crippen LogP contribution in [0.5, 0.6) is 0 Å². The fourth-order valence-electron chi connectivity index (χ4n) is 3.06. The van der Waals surface area contributed by atoms with E-state index in [4.69, 9.17) is 11.6 Å². The van der Waals surface area contributed by atoms with Crippen LogP contribution in [0.2, 0.25) is 5.02 Å². The first-order valence-electron chi connectivity index (χ1n) is 7.15. The molecule has 0 aromatic heterocycles. The molecule has 3 nitrogen and oxygen atoms in total. The highest BCUT2D eigenvalue weighted by Gasteiger charge is 2.35. The van der Waals surface area contributed by atoms with Gasteiger partial charge in [-0.05, 0) is 49.4 Å². The predicted octanol–water partition coefficient (Wildman–Crippen LogP) is 3.32. The Morgan fingerprint density at radius 3 is 2.90 bits per heavy atom. The third-order valence-corrected chi connectivity index (χ3v) is 4.62. The molecule has 1 aliphatic rings. The molecule has 20 heavy (non-hydrogen) atoms. The Morgan fingerprint density at radius 1 is 1.55 bits per heavy atom. The molecule has 1 fully saturated rings. The Hall–Kier alpha value is -1.06. The highest BCUT2D eigenvalue weighted by Crippen LogP contribution is 2.32. The Morgan fingerprint density at radius 2 is 2.30 bits per heavy atom. The topological polar surface area (TPSA) is 49.3 Å². The largest absolute Gasteiger partial charge is 0.394 e. The third-order valence-electron chi connectivity index (χ3n) is 4.19. The molecule has 2 N–H and O–H groups in total. The summed E-state index contributed by atoms with van der Waals surface area (Å²) in [7, 11) is 0. The van der Waals surface area contributed by atoms with Gasteiger partial charge in [0.2, 0.25) is 0 Å². The van der Waals surface area contributed by atoms with Gasteiger partial charge in [-0.2, -0.15) is 0 Å². The minimum atomic E-state index is -0.470. The first-order valence-corrected chi connectivity index (χ1v) is 7.53. The predicted molar refractivity (Wildman–Crippen MR) is 81.1 cm³/mol. The van der Waals surface area contributed by atoms with Gasteiger partial charge in [0.05, 0.1) is 12.1 Å². The molecule has 0 heterocycles. The van der Waals surface area contributed by atoms with Gasteiger partial charge in [0.15, 0.2) is 0 Å². The van der Waals surface area contributed by atoms with E-state index in [2.05, 4.69) is 12.2 Å². The van der Waals surface area contributed by atoms with E-state index in [0.29, 0.717) is 16.5 Å². The molecule has 2 unspecified atom stereocenters. The molecule has 1 amide bonds. The first-order chi connectivity index (χ1) is 9.46. The van der Waals surface area contributed by atoms with Crippen LogP contribution in [0.1, 0.15) is 48.5 Å². The molecule has 110 valence electrons. The summed E-state index contributed by atoms with van der Waals surface area (Å²) in [6.45, 7) is 4.04. The van der Waals surface area contributed by atoms with Crippen molar-refractivity contribution in [1.29, 1.82) is 0 Å². The molecule has 2 rings (SSSR count). The molecule has 0 spiro atoms. The van der Waals surface area contributed by atoms with E-state index >= 15 is 0 Å². The standard InChI is InChI=1S/C16H22ClNO2/c1-11-4-3-7-16(9-11,10-19)18-15(20)13-5-6-14(17)12(2)8-13/h5-6,8,11,19H,3-4,7,9-10H2,1-2H3,(H,18,20). The summed E-state index contributed by atoms with van der Waals surface area (Å²) < 4.78 is 0. The van der Waals surface area contributed by atoms with Gasteiger partial charge in [-0.25, -0.2) is 0 Å². The van der Waals surface area contributed by atoms with Gasteiger partial charge in [-0.15, -0.1) is 0 Å². The highest BCUT2D eigenvalue weighted by molar-refractivity contribution is 6.31. The van der Waals surface area contributed by atoms with E-state index in [-0.39, 0.29) is 12.5 Å². The Kier molecular flexibility index (Phi) is 4.71. The zero-order valence-corrected chi connectivity index (χ0v) is 12.8. The van der Waals surface area contributed by atoms with Crippen LogP contribution in [-0.4, -0.2) is 23.2 Å². The lowest BCUT2D eigenvalue weighted by molar-refractivity contribution is 0.0697. The second kappa shape index (κ2) is 6.15. The third kappa shape index (κ3) is 3.33. The van der Waals surface area contributed by atoms with E-state index in [0.717, 1.165) is 31.2 Å². The fraction of sp³-hybridized carbons (Fsp3) is 0.562. The van der Waals surface area contributed by atoms with Crippen molar-refractivity contribution in [3.63, 3.8) is 0 Å². The van der Waals surface area contributed by atoms with Crippen molar-refractivity contribution in [3.05, 3.63) is 34.3 Å². The van der Waals surface area contributed by atoms with Crippen molar-refractivity contribution in [2.24, 2.45) is 5.92 Å². The molecular formula is C16H22ClNO2. The summed E-state index contributed by atoms with van der Waals surface area (Å²) in [5.74, 6) is 0.399. The number of rotatable bonds is 3. The molecule has 0 aliphatic heterocycles. The van der Waals surface area contributed by atoms with Crippen molar-refractivity contribution in [1.82, 2.24) is 5.32 Å². The van der Waals surface area contributed by atoms with Gasteiger partial charge in [-0.1, -0.05) is 31.4 Å². The van der Waals surface area contributed by atoms with Gasteiger partial charge in [0.1, 0.15) is 0 Å². The second-order valence-electron chi connectivity index (χ2n) is 6.06. The lowest BCUT2D eigenvalue weighted by atomic mass is 9.76. The van der Waals surface area contributed by atoms with Crippen molar-refractivity contribution in [2.75, 3.05) is 6.61 Å². The molecule has 1 aromatic rings. The molecule has 4 heteroatoms. The summed E-state index contributed by atoms with van der Waals surface area (Å²) >= 11 is 5.98. The normalized spacial score (nSPS) is 26.3. The molecule has 0 bridgehead atoms. The summed E-state index contributed by atoms with van der Waals surface area (Å²) in [6.07, 6.45) is 3.88. The Bertz CT molecular complexity index is 503. The summed E-state index contributed by atoms with van der Waals surface area (Å²) in [5.41, 5.74) is 1.01. The number of aryl methyl sites for hydroxylation is 1. The van der Waals surface area contributed by atoms with Crippen LogP contribution >= 0.6 is 11.6 Å². The molecular weight excluding hydrogens is 274 g/mol. The maximum atomic E-state index is 12.4. The average Bonchev–Trinajstić information content (AvgIpc) is 2.41. The van der Waals surface area contributed by atoms with Crippen molar-refractivity contribution >= 4 is 17.5 Å². The fourth-order valence-corrected chi connectivity index (χ4v) is 3.17. The zero-order chi connectivity index (χ0) is 14.8. The molecule has 2 atom stereocenters. The minimum Gasteiger partial charge on any atom is -0.394 e. The van der Waals surface area contributed by atoms with Crippen molar-refractivity contribution < 1.29 is 9.90 Å². The Balaban J connectivity index is 2.14. The number of nitrogens with one attached hydrogen (secondary N) is 1. The van der Waals surface area contributed by atoms with Gasteiger partial charge in [0, 0.05) is 10.6 Å².